The predicted octanol–water partition coefficient (Wildman–Crippen LogP) is 2.07. The van der Waals surface area contributed by atoms with Crippen LogP contribution in [0.25, 0.3) is 11.0 Å². The van der Waals surface area contributed by atoms with Crippen molar-refractivity contribution in [2.75, 3.05) is 37.0 Å². The summed E-state index contributed by atoms with van der Waals surface area (Å²) < 4.78 is 0. The maximum absolute atomic E-state index is 9.37. The largest absolute Gasteiger partial charge is 0.396 e. The molecule has 2 aromatic rings. The standard InChI is InChI=1S/C16H25N5O/c1-11-10-13-14(17-11)18-16(20(2)3)19-15(13)21-8-5-4-6-12(21)7-9-22/h10,12,22H,4-9H2,1-3H3,(H,17,18,19). The number of anilines is 2. The van der Waals surface area contributed by atoms with Gasteiger partial charge in [-0.2, -0.15) is 9.97 Å². The van der Waals surface area contributed by atoms with E-state index in [9.17, 15) is 5.11 Å². The first-order valence-electron chi connectivity index (χ1n) is 8.02. The van der Waals surface area contributed by atoms with Gasteiger partial charge in [-0.05, 0) is 38.7 Å². The number of hydrogen-bond acceptors (Lipinski definition) is 5. The van der Waals surface area contributed by atoms with Crippen LogP contribution >= 0.6 is 0 Å². The molecule has 2 N–H and O–H groups in total. The number of H-pyrrole nitrogens is 1. The van der Waals surface area contributed by atoms with E-state index in [4.69, 9.17) is 4.98 Å². The van der Waals surface area contributed by atoms with Crippen LogP contribution in [0.5, 0.6) is 0 Å². The summed E-state index contributed by atoms with van der Waals surface area (Å²) in [6.07, 6.45) is 4.31. The molecule has 22 heavy (non-hydrogen) atoms. The molecule has 6 nitrogen and oxygen atoms in total. The zero-order chi connectivity index (χ0) is 15.7. The van der Waals surface area contributed by atoms with Gasteiger partial charge in [0.15, 0.2) is 0 Å². The number of aromatic amines is 1. The Hall–Kier alpha value is -1.82. The minimum absolute atomic E-state index is 0.224. The van der Waals surface area contributed by atoms with Crippen LogP contribution in [0.15, 0.2) is 6.07 Å². The van der Waals surface area contributed by atoms with Crippen molar-refractivity contribution in [2.24, 2.45) is 0 Å². The summed E-state index contributed by atoms with van der Waals surface area (Å²) in [6.45, 7) is 3.26. The van der Waals surface area contributed by atoms with Gasteiger partial charge in [0, 0.05) is 39.0 Å². The van der Waals surface area contributed by atoms with E-state index in [1.54, 1.807) is 0 Å². The van der Waals surface area contributed by atoms with Crippen molar-refractivity contribution in [3.05, 3.63) is 11.8 Å². The predicted molar refractivity (Wildman–Crippen MR) is 89.6 cm³/mol. The zero-order valence-electron chi connectivity index (χ0n) is 13.6. The number of aromatic nitrogens is 3. The molecule has 1 fully saturated rings. The van der Waals surface area contributed by atoms with Crippen LogP contribution in [0.3, 0.4) is 0 Å². The molecule has 0 aromatic carbocycles. The highest BCUT2D eigenvalue weighted by Crippen LogP contribution is 2.32. The SMILES string of the molecule is Cc1cc2c(N3CCCCC3CCO)nc(N(C)C)nc2[nH]1. The number of aliphatic hydroxyl groups excluding tert-OH is 1. The fraction of sp³-hybridized carbons (Fsp3) is 0.625. The molecular formula is C16H25N5O. The molecule has 120 valence electrons. The average Bonchev–Trinajstić information content (AvgIpc) is 2.87. The van der Waals surface area contributed by atoms with E-state index in [0.29, 0.717) is 6.04 Å². The summed E-state index contributed by atoms with van der Waals surface area (Å²) in [5, 5.41) is 10.4. The van der Waals surface area contributed by atoms with Gasteiger partial charge in [-0.15, -0.1) is 0 Å². The molecular weight excluding hydrogens is 278 g/mol. The zero-order valence-corrected chi connectivity index (χ0v) is 13.6. The lowest BCUT2D eigenvalue weighted by atomic mass is 9.99. The quantitative estimate of drug-likeness (QED) is 0.905. The molecule has 1 aliphatic heterocycles. The maximum Gasteiger partial charge on any atom is 0.228 e. The Balaban J connectivity index is 2.10. The number of fused-ring (bicyclic) bond motifs is 1. The van der Waals surface area contributed by atoms with Crippen molar-refractivity contribution < 1.29 is 5.11 Å². The monoisotopic (exact) mass is 303 g/mol. The first kappa shape index (κ1) is 15.1. The summed E-state index contributed by atoms with van der Waals surface area (Å²) in [5.74, 6) is 1.72. The van der Waals surface area contributed by atoms with Crippen molar-refractivity contribution in [3.63, 3.8) is 0 Å². The molecule has 0 aliphatic carbocycles. The Bertz CT molecular complexity index is 649. The van der Waals surface area contributed by atoms with Crippen LogP contribution in [0.1, 0.15) is 31.4 Å². The molecule has 3 rings (SSSR count). The lowest BCUT2D eigenvalue weighted by molar-refractivity contribution is 0.262. The van der Waals surface area contributed by atoms with Gasteiger partial charge >= 0.3 is 0 Å². The molecule has 6 heteroatoms. The number of piperidine rings is 1. The van der Waals surface area contributed by atoms with Crippen LogP contribution in [-0.4, -0.2) is 53.3 Å². The van der Waals surface area contributed by atoms with Gasteiger partial charge in [0.05, 0.1) is 5.39 Å². The van der Waals surface area contributed by atoms with Crippen LogP contribution in [0.4, 0.5) is 11.8 Å². The minimum atomic E-state index is 0.224. The molecule has 0 spiro atoms. The second-order valence-corrected chi connectivity index (χ2v) is 6.31. The van der Waals surface area contributed by atoms with Gasteiger partial charge in [0.2, 0.25) is 5.95 Å². The van der Waals surface area contributed by atoms with Gasteiger partial charge in [0.25, 0.3) is 0 Å². The minimum Gasteiger partial charge on any atom is -0.396 e. The number of hydrogen-bond donors (Lipinski definition) is 2. The molecule has 0 saturated carbocycles. The Morgan fingerprint density at radius 1 is 1.36 bits per heavy atom. The molecule has 1 saturated heterocycles. The van der Waals surface area contributed by atoms with Crippen molar-refractivity contribution in [2.45, 2.75) is 38.6 Å². The second-order valence-electron chi connectivity index (χ2n) is 6.31. The molecule has 1 atom stereocenters. The number of nitrogens with zero attached hydrogens (tertiary/aromatic N) is 4. The lowest BCUT2D eigenvalue weighted by Gasteiger charge is -2.37. The second kappa shape index (κ2) is 6.12. The van der Waals surface area contributed by atoms with E-state index in [1.807, 2.05) is 25.9 Å². The van der Waals surface area contributed by atoms with Crippen molar-refractivity contribution in [1.82, 2.24) is 15.0 Å². The van der Waals surface area contributed by atoms with Crippen molar-refractivity contribution in [3.8, 4) is 0 Å². The highest BCUT2D eigenvalue weighted by molar-refractivity contribution is 5.89. The van der Waals surface area contributed by atoms with Crippen LogP contribution in [-0.2, 0) is 0 Å². The van der Waals surface area contributed by atoms with E-state index in [1.165, 1.54) is 12.8 Å². The van der Waals surface area contributed by atoms with Crippen molar-refractivity contribution in [1.29, 1.82) is 0 Å². The van der Waals surface area contributed by atoms with Crippen LogP contribution < -0.4 is 9.80 Å². The van der Waals surface area contributed by atoms with Gasteiger partial charge in [-0.1, -0.05) is 0 Å². The number of rotatable bonds is 4. The number of nitrogens with one attached hydrogen (secondary N) is 1. The summed E-state index contributed by atoms with van der Waals surface area (Å²) in [4.78, 5) is 17.0. The number of aryl methyl sites for hydroxylation is 1. The summed E-state index contributed by atoms with van der Waals surface area (Å²) in [6, 6.07) is 2.48. The first-order valence-corrected chi connectivity index (χ1v) is 8.02. The molecule has 1 aliphatic rings. The smallest absolute Gasteiger partial charge is 0.228 e. The average molecular weight is 303 g/mol. The summed E-state index contributed by atoms with van der Waals surface area (Å²) in [7, 11) is 3.92. The Morgan fingerprint density at radius 2 is 2.18 bits per heavy atom. The fourth-order valence-corrected chi connectivity index (χ4v) is 3.26. The Morgan fingerprint density at radius 3 is 2.91 bits per heavy atom. The lowest BCUT2D eigenvalue weighted by Crippen LogP contribution is -2.41. The highest BCUT2D eigenvalue weighted by atomic mass is 16.3. The highest BCUT2D eigenvalue weighted by Gasteiger charge is 2.26. The van der Waals surface area contributed by atoms with Crippen LogP contribution in [0, 0.1) is 6.92 Å². The topological polar surface area (TPSA) is 68.3 Å². The molecule has 2 aromatic heterocycles. The van der Waals surface area contributed by atoms with E-state index in [0.717, 1.165) is 47.9 Å². The third-order valence-electron chi connectivity index (χ3n) is 4.35. The first-order chi connectivity index (χ1) is 10.6. The van der Waals surface area contributed by atoms with Gasteiger partial charge in [-0.25, -0.2) is 0 Å². The summed E-state index contributed by atoms with van der Waals surface area (Å²) in [5.41, 5.74) is 1.98. The van der Waals surface area contributed by atoms with Crippen molar-refractivity contribution >= 4 is 22.8 Å². The molecule has 1 unspecified atom stereocenters. The van der Waals surface area contributed by atoms with Crippen LogP contribution in [0.2, 0.25) is 0 Å². The molecule has 0 radical (unpaired) electrons. The Labute approximate surface area is 131 Å². The number of aliphatic hydroxyl groups is 1. The van der Waals surface area contributed by atoms with E-state index >= 15 is 0 Å². The molecule has 3 heterocycles. The Kier molecular flexibility index (Phi) is 4.20. The van der Waals surface area contributed by atoms with E-state index < -0.39 is 0 Å². The fourth-order valence-electron chi connectivity index (χ4n) is 3.26. The maximum atomic E-state index is 9.37. The van der Waals surface area contributed by atoms with Gasteiger partial charge in [0.1, 0.15) is 11.5 Å². The van der Waals surface area contributed by atoms with E-state index in [2.05, 4.69) is 20.9 Å². The van der Waals surface area contributed by atoms with Gasteiger partial charge < -0.3 is 19.9 Å². The molecule has 0 bridgehead atoms. The normalized spacial score (nSPS) is 18.9. The summed E-state index contributed by atoms with van der Waals surface area (Å²) >= 11 is 0. The van der Waals surface area contributed by atoms with E-state index in [-0.39, 0.29) is 6.61 Å². The third-order valence-corrected chi connectivity index (χ3v) is 4.35. The third kappa shape index (κ3) is 2.75. The van der Waals surface area contributed by atoms with Gasteiger partial charge in [-0.3, -0.25) is 0 Å². The molecule has 0 amide bonds.